The van der Waals surface area contributed by atoms with E-state index in [0.29, 0.717) is 0 Å². The van der Waals surface area contributed by atoms with Crippen LogP contribution in [0.1, 0.15) is 25.7 Å². The lowest BCUT2D eigenvalue weighted by Crippen LogP contribution is -2.31. The molecule has 3 unspecified atom stereocenters. The molecule has 0 bridgehead atoms. The van der Waals surface area contributed by atoms with Crippen LogP contribution in [0.4, 0.5) is 0 Å². The van der Waals surface area contributed by atoms with E-state index in [0.717, 1.165) is 23.6 Å². The van der Waals surface area contributed by atoms with Gasteiger partial charge in [0.15, 0.2) is 0 Å². The Morgan fingerprint density at radius 1 is 1.33 bits per heavy atom. The molecule has 0 spiro atoms. The molecular formula is C10H19NS. The summed E-state index contributed by atoms with van der Waals surface area (Å²) in [6.45, 7) is 1.33. The minimum absolute atomic E-state index is 0.777. The van der Waals surface area contributed by atoms with Gasteiger partial charge in [0.25, 0.3) is 0 Å². The minimum atomic E-state index is 0.777. The summed E-state index contributed by atoms with van der Waals surface area (Å²) in [5.74, 6) is 3.03. The predicted molar refractivity (Wildman–Crippen MR) is 55.7 cm³/mol. The number of hydrogen-bond acceptors (Lipinski definition) is 2. The van der Waals surface area contributed by atoms with Gasteiger partial charge in [-0.2, -0.15) is 12.6 Å². The van der Waals surface area contributed by atoms with Crippen molar-refractivity contribution >= 4 is 12.6 Å². The lowest BCUT2D eigenvalue weighted by Gasteiger charge is -2.28. The molecule has 0 amide bonds. The van der Waals surface area contributed by atoms with Crippen LogP contribution in [-0.2, 0) is 0 Å². The summed E-state index contributed by atoms with van der Waals surface area (Å²) in [6.07, 6.45) is 5.85. The highest BCUT2D eigenvalue weighted by Gasteiger charge is 2.39. The Bertz CT molecular complexity index is 160. The van der Waals surface area contributed by atoms with E-state index >= 15 is 0 Å². The maximum atomic E-state index is 4.45. The van der Waals surface area contributed by atoms with E-state index in [2.05, 4.69) is 24.6 Å². The number of rotatable bonds is 1. The first-order chi connectivity index (χ1) is 5.83. The van der Waals surface area contributed by atoms with Gasteiger partial charge in [0.1, 0.15) is 0 Å². The topological polar surface area (TPSA) is 3.24 Å². The second-order valence-corrected chi connectivity index (χ2v) is 4.76. The first-order valence-corrected chi connectivity index (χ1v) is 5.77. The van der Waals surface area contributed by atoms with Crippen LogP contribution in [0.2, 0.25) is 0 Å². The fourth-order valence-corrected chi connectivity index (χ4v) is 3.63. The summed E-state index contributed by atoms with van der Waals surface area (Å²) >= 11 is 4.45. The molecule has 12 heavy (non-hydrogen) atoms. The second kappa shape index (κ2) is 3.59. The van der Waals surface area contributed by atoms with Gasteiger partial charge in [-0.05, 0) is 31.7 Å². The Kier molecular flexibility index (Phi) is 2.66. The van der Waals surface area contributed by atoms with Crippen molar-refractivity contribution in [2.45, 2.75) is 31.7 Å². The van der Waals surface area contributed by atoms with E-state index in [1.54, 1.807) is 0 Å². The van der Waals surface area contributed by atoms with Crippen molar-refractivity contribution in [3.8, 4) is 0 Å². The maximum Gasteiger partial charge on any atom is 0.0212 e. The number of hydrogen-bond donors (Lipinski definition) is 1. The molecule has 0 radical (unpaired) electrons. The highest BCUT2D eigenvalue weighted by atomic mass is 32.1. The van der Waals surface area contributed by atoms with Crippen molar-refractivity contribution in [3.63, 3.8) is 0 Å². The smallest absolute Gasteiger partial charge is 0.0212 e. The molecule has 70 valence electrons. The lowest BCUT2D eigenvalue weighted by atomic mass is 9.79. The molecule has 2 fully saturated rings. The fraction of sp³-hybridized carbons (Fsp3) is 1.00. The number of nitrogens with zero attached hydrogens (tertiary/aromatic N) is 1. The van der Waals surface area contributed by atoms with Crippen LogP contribution in [0.15, 0.2) is 0 Å². The third kappa shape index (κ3) is 1.39. The van der Waals surface area contributed by atoms with Gasteiger partial charge in [0.2, 0.25) is 0 Å². The molecule has 1 saturated heterocycles. The monoisotopic (exact) mass is 185 g/mol. The van der Waals surface area contributed by atoms with E-state index in [9.17, 15) is 0 Å². The second-order valence-electron chi connectivity index (χ2n) is 4.40. The summed E-state index contributed by atoms with van der Waals surface area (Å²) in [5.41, 5.74) is 0. The van der Waals surface area contributed by atoms with Gasteiger partial charge < -0.3 is 4.90 Å². The highest BCUT2D eigenvalue weighted by molar-refractivity contribution is 7.80. The summed E-state index contributed by atoms with van der Waals surface area (Å²) in [7, 11) is 2.26. The van der Waals surface area contributed by atoms with Gasteiger partial charge in [-0.1, -0.05) is 12.8 Å². The van der Waals surface area contributed by atoms with E-state index in [1.165, 1.54) is 32.2 Å². The van der Waals surface area contributed by atoms with Crippen molar-refractivity contribution in [1.29, 1.82) is 0 Å². The summed E-state index contributed by atoms with van der Waals surface area (Å²) in [5, 5.41) is 0. The minimum Gasteiger partial charge on any atom is -0.302 e. The quantitative estimate of drug-likeness (QED) is 0.612. The molecule has 0 N–H and O–H groups in total. The molecule has 2 rings (SSSR count). The molecule has 0 aromatic heterocycles. The molecule has 1 nitrogen and oxygen atoms in total. The Hall–Kier alpha value is 0.310. The highest BCUT2D eigenvalue weighted by Crippen LogP contribution is 2.39. The third-order valence-electron chi connectivity index (χ3n) is 3.74. The van der Waals surface area contributed by atoms with Gasteiger partial charge in [-0.25, -0.2) is 0 Å². The van der Waals surface area contributed by atoms with Crippen LogP contribution in [0.5, 0.6) is 0 Å². The van der Waals surface area contributed by atoms with Gasteiger partial charge >= 0.3 is 0 Å². The molecule has 2 heteroatoms. The third-order valence-corrected chi connectivity index (χ3v) is 4.11. The van der Waals surface area contributed by atoms with E-state index < -0.39 is 0 Å². The van der Waals surface area contributed by atoms with Crippen molar-refractivity contribution in [1.82, 2.24) is 4.90 Å². The first-order valence-electron chi connectivity index (χ1n) is 5.14. The Morgan fingerprint density at radius 3 is 2.83 bits per heavy atom. The van der Waals surface area contributed by atoms with Gasteiger partial charge in [0, 0.05) is 18.3 Å². The molecule has 2 aliphatic rings. The Labute approximate surface area is 80.9 Å². The fourth-order valence-electron chi connectivity index (χ4n) is 3.08. The molecule has 1 heterocycles. The summed E-state index contributed by atoms with van der Waals surface area (Å²) in [4.78, 5) is 2.52. The van der Waals surface area contributed by atoms with Crippen LogP contribution in [0.3, 0.4) is 0 Å². The maximum absolute atomic E-state index is 4.45. The average Bonchev–Trinajstić information content (AvgIpc) is 2.40. The lowest BCUT2D eigenvalue weighted by molar-refractivity contribution is 0.255. The zero-order valence-corrected chi connectivity index (χ0v) is 8.76. The van der Waals surface area contributed by atoms with Crippen LogP contribution in [-0.4, -0.2) is 30.3 Å². The van der Waals surface area contributed by atoms with Crippen molar-refractivity contribution in [2.75, 3.05) is 19.3 Å². The van der Waals surface area contributed by atoms with Crippen molar-refractivity contribution in [3.05, 3.63) is 0 Å². The van der Waals surface area contributed by atoms with E-state index in [1.807, 2.05) is 0 Å². The largest absolute Gasteiger partial charge is 0.302 e. The van der Waals surface area contributed by atoms with E-state index in [4.69, 9.17) is 0 Å². The average molecular weight is 185 g/mol. The molecule has 0 aromatic carbocycles. The normalized spacial score (nSPS) is 43.0. The zero-order chi connectivity index (χ0) is 8.55. The first kappa shape index (κ1) is 8.89. The number of thiol groups is 1. The van der Waals surface area contributed by atoms with Gasteiger partial charge in [-0.15, -0.1) is 0 Å². The molecule has 3 atom stereocenters. The Morgan fingerprint density at radius 2 is 2.08 bits per heavy atom. The summed E-state index contributed by atoms with van der Waals surface area (Å²) < 4.78 is 0. The predicted octanol–water partition coefficient (Wildman–Crippen LogP) is 2.04. The van der Waals surface area contributed by atoms with Crippen LogP contribution in [0.25, 0.3) is 0 Å². The number of fused-ring (bicyclic) bond motifs is 1. The van der Waals surface area contributed by atoms with Crippen LogP contribution >= 0.6 is 12.6 Å². The summed E-state index contributed by atoms with van der Waals surface area (Å²) in [6, 6.07) is 0.777. The molecule has 1 aliphatic heterocycles. The van der Waals surface area contributed by atoms with E-state index in [-0.39, 0.29) is 0 Å². The molecule has 1 saturated carbocycles. The molecule has 0 aromatic rings. The van der Waals surface area contributed by atoms with Crippen molar-refractivity contribution < 1.29 is 0 Å². The van der Waals surface area contributed by atoms with Gasteiger partial charge in [0.05, 0.1) is 0 Å². The molecule has 1 aliphatic carbocycles. The van der Waals surface area contributed by atoms with Crippen LogP contribution in [0, 0.1) is 11.8 Å². The molecular weight excluding hydrogens is 166 g/mol. The number of likely N-dealkylation sites (tertiary alicyclic amines) is 1. The van der Waals surface area contributed by atoms with Crippen LogP contribution < -0.4 is 0 Å². The standard InChI is InChI=1S/C10H19NS/c1-11-6-8-4-2-3-5-9(8)10(11)7-12/h8-10,12H,2-7H2,1H3. The van der Waals surface area contributed by atoms with Crippen molar-refractivity contribution in [2.24, 2.45) is 11.8 Å². The SMILES string of the molecule is CN1CC2CCCCC2C1CS. The van der Waals surface area contributed by atoms with Gasteiger partial charge in [-0.3, -0.25) is 0 Å². The zero-order valence-electron chi connectivity index (χ0n) is 7.87. The Balaban J connectivity index is 2.05.